The number of ether oxygens (including phenoxy) is 1. The smallest absolute Gasteiger partial charge is 0.445 e. The van der Waals surface area contributed by atoms with Crippen LogP contribution in [0.4, 0.5) is 31.5 Å². The molecule has 0 aliphatic rings. The average molecular weight is 372 g/mol. The summed E-state index contributed by atoms with van der Waals surface area (Å²) in [5, 5.41) is 6.51. The molecule has 0 spiro atoms. The molecule has 2 aromatic heterocycles. The second-order valence-corrected chi connectivity index (χ2v) is 5.13. The van der Waals surface area contributed by atoms with Gasteiger partial charge in [0.05, 0.1) is 5.56 Å². The van der Waals surface area contributed by atoms with Gasteiger partial charge in [-0.1, -0.05) is 11.3 Å². The first-order valence-electron chi connectivity index (χ1n) is 5.92. The summed E-state index contributed by atoms with van der Waals surface area (Å²) in [5.41, 5.74) is -0.113. The van der Waals surface area contributed by atoms with Gasteiger partial charge in [-0.25, -0.2) is 4.98 Å². The van der Waals surface area contributed by atoms with Crippen LogP contribution in [0.5, 0.6) is 5.88 Å². The molecule has 2 heterocycles. The number of rotatable bonds is 4. The molecule has 130 valence electrons. The van der Waals surface area contributed by atoms with Gasteiger partial charge in [0, 0.05) is 12.3 Å². The quantitative estimate of drug-likeness (QED) is 0.835. The van der Waals surface area contributed by atoms with Gasteiger partial charge < -0.3 is 4.74 Å². The zero-order chi connectivity index (χ0) is 18.0. The van der Waals surface area contributed by atoms with Gasteiger partial charge in [0.2, 0.25) is 16.0 Å². The normalized spacial score (nSPS) is 12.1. The number of alkyl halides is 6. The van der Waals surface area contributed by atoms with Crippen LogP contribution >= 0.6 is 11.3 Å². The maximum atomic E-state index is 12.4. The fourth-order valence-corrected chi connectivity index (χ4v) is 1.92. The van der Waals surface area contributed by atoms with Crippen LogP contribution in [-0.4, -0.2) is 33.9 Å². The molecular formula is C11H6F6N4O2S. The first kappa shape index (κ1) is 17.9. The summed E-state index contributed by atoms with van der Waals surface area (Å²) in [6.45, 7) is -1.55. The monoisotopic (exact) mass is 372 g/mol. The third-order valence-electron chi connectivity index (χ3n) is 2.27. The lowest BCUT2D eigenvalue weighted by atomic mass is 10.3. The van der Waals surface area contributed by atoms with Crippen molar-refractivity contribution in [3.63, 3.8) is 0 Å². The highest BCUT2D eigenvalue weighted by Gasteiger charge is 2.35. The molecule has 0 saturated heterocycles. The Labute approximate surface area is 133 Å². The number of aromatic nitrogens is 3. The summed E-state index contributed by atoms with van der Waals surface area (Å²) < 4.78 is 77.3. The number of amides is 1. The van der Waals surface area contributed by atoms with Crippen molar-refractivity contribution in [1.82, 2.24) is 15.2 Å². The Balaban J connectivity index is 1.99. The molecule has 0 aliphatic heterocycles. The van der Waals surface area contributed by atoms with E-state index < -0.39 is 29.9 Å². The highest BCUT2D eigenvalue weighted by molar-refractivity contribution is 7.15. The van der Waals surface area contributed by atoms with Crippen molar-refractivity contribution >= 4 is 22.4 Å². The number of hydrogen-bond donors (Lipinski definition) is 1. The van der Waals surface area contributed by atoms with E-state index in [1.807, 2.05) is 0 Å². The fraction of sp³-hybridized carbons (Fsp3) is 0.273. The molecule has 0 unspecified atom stereocenters. The van der Waals surface area contributed by atoms with Gasteiger partial charge in [-0.3, -0.25) is 10.1 Å². The first-order valence-corrected chi connectivity index (χ1v) is 6.74. The van der Waals surface area contributed by atoms with Crippen molar-refractivity contribution in [2.75, 3.05) is 11.9 Å². The van der Waals surface area contributed by atoms with Crippen molar-refractivity contribution < 1.29 is 35.9 Å². The van der Waals surface area contributed by atoms with Crippen LogP contribution in [0.25, 0.3) is 0 Å². The van der Waals surface area contributed by atoms with E-state index in [4.69, 9.17) is 0 Å². The number of halogens is 6. The Hall–Kier alpha value is -2.44. The second kappa shape index (κ2) is 6.59. The van der Waals surface area contributed by atoms with Gasteiger partial charge in [-0.2, -0.15) is 26.3 Å². The molecule has 13 heteroatoms. The zero-order valence-electron chi connectivity index (χ0n) is 11.3. The number of carbonyl (C=O) groups is 1. The maximum absolute atomic E-state index is 12.4. The van der Waals surface area contributed by atoms with E-state index in [0.717, 1.165) is 18.3 Å². The molecule has 0 aliphatic carbocycles. The summed E-state index contributed by atoms with van der Waals surface area (Å²) in [6.07, 6.45) is -8.31. The van der Waals surface area contributed by atoms with E-state index in [9.17, 15) is 31.1 Å². The fourth-order valence-electron chi connectivity index (χ4n) is 1.31. The summed E-state index contributed by atoms with van der Waals surface area (Å²) in [4.78, 5) is 15.3. The first-order chi connectivity index (χ1) is 11.0. The molecule has 6 nitrogen and oxygen atoms in total. The van der Waals surface area contributed by atoms with Gasteiger partial charge >= 0.3 is 12.4 Å². The molecule has 2 aromatic rings. The van der Waals surface area contributed by atoms with Gasteiger partial charge in [0.1, 0.15) is 0 Å². The van der Waals surface area contributed by atoms with Crippen LogP contribution in [-0.2, 0) is 6.18 Å². The highest BCUT2D eigenvalue weighted by Crippen LogP contribution is 2.33. The van der Waals surface area contributed by atoms with Crippen LogP contribution < -0.4 is 10.1 Å². The summed E-state index contributed by atoms with van der Waals surface area (Å²) in [6, 6.07) is 2.11. The van der Waals surface area contributed by atoms with E-state index in [1.165, 1.54) is 0 Å². The third kappa shape index (κ3) is 5.04. The summed E-state index contributed by atoms with van der Waals surface area (Å²) in [7, 11) is 0. The molecule has 0 atom stereocenters. The average Bonchev–Trinajstić information content (AvgIpc) is 2.93. The van der Waals surface area contributed by atoms with Crippen molar-refractivity contribution in [3.8, 4) is 5.88 Å². The largest absolute Gasteiger partial charge is 0.468 e. The van der Waals surface area contributed by atoms with Gasteiger partial charge in [0.25, 0.3) is 5.91 Å². The SMILES string of the molecule is O=C(Nc1nnc(C(F)(F)F)s1)c1ccc(OCC(F)(F)F)nc1. The van der Waals surface area contributed by atoms with E-state index in [1.54, 1.807) is 0 Å². The highest BCUT2D eigenvalue weighted by atomic mass is 32.1. The van der Waals surface area contributed by atoms with Crippen LogP contribution in [0.1, 0.15) is 15.4 Å². The molecule has 0 bridgehead atoms. The molecule has 0 saturated carbocycles. The predicted octanol–water partition coefficient (Wildman–Crippen LogP) is 3.15. The Morgan fingerprint density at radius 1 is 1.17 bits per heavy atom. The number of nitrogens with one attached hydrogen (secondary N) is 1. The summed E-state index contributed by atoms with van der Waals surface area (Å²) in [5.74, 6) is -1.21. The lowest BCUT2D eigenvalue weighted by Gasteiger charge is -2.08. The Kier molecular flexibility index (Phi) is 4.91. The number of nitrogens with zero attached hydrogens (tertiary/aromatic N) is 3. The van der Waals surface area contributed by atoms with E-state index in [0.29, 0.717) is 0 Å². The van der Waals surface area contributed by atoms with Gasteiger partial charge in [-0.15, -0.1) is 10.2 Å². The van der Waals surface area contributed by atoms with Crippen molar-refractivity contribution in [2.24, 2.45) is 0 Å². The van der Waals surface area contributed by atoms with Gasteiger partial charge in [-0.05, 0) is 6.07 Å². The standard InChI is InChI=1S/C11H6F6N4O2S/c12-10(13,14)4-23-6-2-1-5(3-18-6)7(22)19-9-21-20-8(24-9)11(15,16)17/h1-3H,4H2,(H,19,21,22). The number of pyridine rings is 1. The minimum Gasteiger partial charge on any atom is -0.468 e. The third-order valence-corrected chi connectivity index (χ3v) is 3.15. The molecule has 0 aromatic carbocycles. The molecule has 1 N–H and O–H groups in total. The Morgan fingerprint density at radius 3 is 2.38 bits per heavy atom. The van der Waals surface area contributed by atoms with E-state index in [2.05, 4.69) is 25.2 Å². The molecule has 2 rings (SSSR count). The van der Waals surface area contributed by atoms with Crippen LogP contribution in [0, 0.1) is 0 Å². The minimum atomic E-state index is -4.68. The molecule has 0 radical (unpaired) electrons. The Bertz CT molecular complexity index is 713. The predicted molar refractivity (Wildman–Crippen MR) is 68.7 cm³/mol. The Morgan fingerprint density at radius 2 is 1.88 bits per heavy atom. The number of hydrogen-bond acceptors (Lipinski definition) is 6. The van der Waals surface area contributed by atoms with Crippen LogP contribution in [0.3, 0.4) is 0 Å². The van der Waals surface area contributed by atoms with Crippen molar-refractivity contribution in [3.05, 3.63) is 28.9 Å². The lowest BCUT2D eigenvalue weighted by Crippen LogP contribution is -2.19. The number of carbonyl (C=O) groups excluding carboxylic acids is 1. The minimum absolute atomic E-state index is 0.113. The zero-order valence-corrected chi connectivity index (χ0v) is 12.1. The van der Waals surface area contributed by atoms with E-state index in [-0.39, 0.29) is 27.9 Å². The van der Waals surface area contributed by atoms with E-state index >= 15 is 0 Å². The van der Waals surface area contributed by atoms with Gasteiger partial charge in [0.15, 0.2) is 6.61 Å². The molecule has 1 amide bonds. The molecule has 24 heavy (non-hydrogen) atoms. The molecular weight excluding hydrogens is 366 g/mol. The second-order valence-electron chi connectivity index (χ2n) is 4.15. The topological polar surface area (TPSA) is 77.0 Å². The number of anilines is 1. The van der Waals surface area contributed by atoms with Crippen molar-refractivity contribution in [2.45, 2.75) is 12.4 Å². The van der Waals surface area contributed by atoms with Crippen molar-refractivity contribution in [1.29, 1.82) is 0 Å². The maximum Gasteiger partial charge on any atom is 0.445 e. The van der Waals surface area contributed by atoms with Crippen LogP contribution in [0.15, 0.2) is 18.3 Å². The van der Waals surface area contributed by atoms with Crippen LogP contribution in [0.2, 0.25) is 0 Å². The summed E-state index contributed by atoms with van der Waals surface area (Å²) >= 11 is 0.128. The molecule has 0 fully saturated rings. The lowest BCUT2D eigenvalue weighted by molar-refractivity contribution is -0.154.